The Morgan fingerprint density at radius 1 is 1.20 bits per heavy atom. The number of hydrogen-bond donors (Lipinski definition) is 2. The van der Waals surface area contributed by atoms with Crippen LogP contribution in [-0.2, 0) is 10.5 Å². The van der Waals surface area contributed by atoms with Gasteiger partial charge in [0.05, 0.1) is 0 Å². The lowest BCUT2D eigenvalue weighted by molar-refractivity contribution is -0.139. The van der Waals surface area contributed by atoms with Gasteiger partial charge >= 0.3 is 5.97 Å². The topological polar surface area (TPSA) is 89.6 Å². The van der Waals surface area contributed by atoms with Gasteiger partial charge in [-0.3, -0.25) is 4.79 Å². The molecule has 3 N–H and O–H groups in total. The van der Waals surface area contributed by atoms with Gasteiger partial charge < -0.3 is 15.6 Å². The number of primary amides is 1. The minimum atomic E-state index is -3.15. The quantitative estimate of drug-likeness (QED) is 0.768. The van der Waals surface area contributed by atoms with Gasteiger partial charge in [0.1, 0.15) is 5.75 Å². The number of carbonyl (C=O) groups is 2. The van der Waals surface area contributed by atoms with Crippen LogP contribution in [0.2, 0.25) is 0 Å². The molecule has 2 aromatic carbocycles. The number of benzene rings is 2. The summed E-state index contributed by atoms with van der Waals surface area (Å²) in [5.74, 6) is -1.65. The van der Waals surface area contributed by atoms with E-state index >= 15 is 0 Å². The first kappa shape index (κ1) is 18.8. The van der Waals surface area contributed by atoms with E-state index in [1.54, 1.807) is 13.0 Å². The molecule has 1 unspecified atom stereocenters. The predicted octanol–water partition coefficient (Wildman–Crippen LogP) is 3.15. The van der Waals surface area contributed by atoms with Crippen LogP contribution < -0.4 is 10.5 Å². The number of alkyl halides is 2. The second-order valence-corrected chi connectivity index (χ2v) is 6.14. The molecule has 2 rings (SSSR count). The summed E-state index contributed by atoms with van der Waals surface area (Å²) in [4.78, 5) is 22.0. The molecule has 0 saturated heterocycles. The summed E-state index contributed by atoms with van der Waals surface area (Å²) < 4.78 is 32.5. The van der Waals surface area contributed by atoms with Gasteiger partial charge in [0.2, 0.25) is 5.91 Å². The van der Waals surface area contributed by atoms with Gasteiger partial charge in [-0.2, -0.15) is 8.78 Å². The number of hydrogen-bond acceptors (Lipinski definition) is 3. The molecule has 0 bridgehead atoms. The molecule has 0 aliphatic carbocycles. The highest BCUT2D eigenvalue weighted by Gasteiger charge is 2.26. The highest BCUT2D eigenvalue weighted by molar-refractivity contribution is 7.17. The number of rotatable bonds is 6. The maximum atomic E-state index is 13.6. The van der Waals surface area contributed by atoms with Crippen LogP contribution in [0, 0.1) is 6.92 Å². The van der Waals surface area contributed by atoms with Crippen molar-refractivity contribution in [3.05, 3.63) is 53.1 Å². The number of carbonyl (C=O) groups excluding carboxylic acids is 1. The largest absolute Gasteiger partial charge is 0.481 e. The third-order valence-corrected chi connectivity index (χ3v) is 3.85. The lowest BCUT2D eigenvalue weighted by Gasteiger charge is -2.17. The molecule has 2 aromatic rings. The molecule has 1 atom stereocenters. The summed E-state index contributed by atoms with van der Waals surface area (Å²) in [6.07, 6.45) is 0. The van der Waals surface area contributed by atoms with E-state index in [4.69, 9.17) is 15.6 Å². The SMILES string of the molecule is Cc1cc(C(N)=O)ccc1-c1cc(C(F)(F)P)ccc1OCC(=O)O. The Morgan fingerprint density at radius 2 is 1.88 bits per heavy atom. The van der Waals surface area contributed by atoms with Crippen LogP contribution in [0.15, 0.2) is 36.4 Å². The molecule has 0 radical (unpaired) electrons. The minimum absolute atomic E-state index is 0.148. The second kappa shape index (κ2) is 7.15. The predicted molar refractivity (Wildman–Crippen MR) is 91.9 cm³/mol. The molecule has 0 saturated carbocycles. The molecule has 1 amide bonds. The first-order valence-electron chi connectivity index (χ1n) is 7.16. The number of aliphatic carboxylic acids is 1. The standard InChI is InChI=1S/C17H16F2NO4P/c1-9-6-10(16(20)23)2-4-12(9)13-7-11(17(18,19)25)3-5-14(13)24-8-15(21)22/h2-7H,8,25H2,1H3,(H2,20,23)(H,21,22). The summed E-state index contributed by atoms with van der Waals surface area (Å²) in [6.45, 7) is 1.08. The highest BCUT2D eigenvalue weighted by atomic mass is 31.0. The van der Waals surface area contributed by atoms with Crippen LogP contribution >= 0.6 is 9.24 Å². The number of halogens is 2. The number of aryl methyl sites for hydroxylation is 1. The normalized spacial score (nSPS) is 11.2. The van der Waals surface area contributed by atoms with Gasteiger partial charge in [-0.1, -0.05) is 15.3 Å². The van der Waals surface area contributed by atoms with Crippen molar-refractivity contribution in [2.75, 3.05) is 6.61 Å². The van der Waals surface area contributed by atoms with Gasteiger partial charge in [-0.15, -0.1) is 0 Å². The molecule has 132 valence electrons. The Labute approximate surface area is 145 Å². The van der Waals surface area contributed by atoms with Crippen LogP contribution in [-0.4, -0.2) is 23.6 Å². The van der Waals surface area contributed by atoms with Gasteiger partial charge in [0, 0.05) is 16.7 Å². The molecule has 0 fully saturated rings. The summed E-state index contributed by atoms with van der Waals surface area (Å²) in [6, 6.07) is 8.26. The monoisotopic (exact) mass is 367 g/mol. The lowest BCUT2D eigenvalue weighted by Crippen LogP contribution is -2.12. The first-order chi connectivity index (χ1) is 11.6. The van der Waals surface area contributed by atoms with E-state index in [1.165, 1.54) is 39.6 Å². The fourth-order valence-corrected chi connectivity index (χ4v) is 2.51. The minimum Gasteiger partial charge on any atom is -0.481 e. The van der Waals surface area contributed by atoms with Crippen molar-refractivity contribution in [1.29, 1.82) is 0 Å². The van der Waals surface area contributed by atoms with Crippen LogP contribution in [0.1, 0.15) is 21.5 Å². The molecule has 0 heterocycles. The zero-order valence-corrected chi connectivity index (χ0v) is 14.4. The summed E-state index contributed by atoms with van der Waals surface area (Å²) in [5.41, 5.74) is 3.53. The van der Waals surface area contributed by atoms with E-state index in [1.807, 2.05) is 0 Å². The van der Waals surface area contributed by atoms with Crippen molar-refractivity contribution in [3.8, 4) is 16.9 Å². The van der Waals surface area contributed by atoms with Crippen molar-refractivity contribution in [1.82, 2.24) is 0 Å². The van der Waals surface area contributed by atoms with Crippen molar-refractivity contribution < 1.29 is 28.2 Å². The fourth-order valence-electron chi connectivity index (χ4n) is 2.33. The van der Waals surface area contributed by atoms with Crippen molar-refractivity contribution in [2.24, 2.45) is 5.73 Å². The Bertz CT molecular complexity index is 834. The van der Waals surface area contributed by atoms with Gasteiger partial charge in [-0.25, -0.2) is 4.79 Å². The number of carboxylic acids is 1. The van der Waals surface area contributed by atoms with Crippen LogP contribution in [0.4, 0.5) is 8.78 Å². The zero-order valence-electron chi connectivity index (χ0n) is 13.3. The molecule has 0 aliphatic heterocycles. The van der Waals surface area contributed by atoms with Crippen molar-refractivity contribution in [2.45, 2.75) is 12.6 Å². The third kappa shape index (κ3) is 4.51. The van der Waals surface area contributed by atoms with Crippen molar-refractivity contribution in [3.63, 3.8) is 0 Å². The summed E-state index contributed by atoms with van der Waals surface area (Å²) >= 11 is 0. The first-order valence-corrected chi connectivity index (χ1v) is 7.74. The molecule has 25 heavy (non-hydrogen) atoms. The average Bonchev–Trinajstić information content (AvgIpc) is 2.51. The van der Waals surface area contributed by atoms with Gasteiger partial charge in [0.25, 0.3) is 5.66 Å². The Hall–Kier alpha value is -2.53. The smallest absolute Gasteiger partial charge is 0.341 e. The summed E-state index contributed by atoms with van der Waals surface area (Å²) in [7, 11) is 1.45. The average molecular weight is 367 g/mol. The lowest BCUT2D eigenvalue weighted by atomic mass is 9.96. The van der Waals surface area contributed by atoms with E-state index in [0.29, 0.717) is 16.7 Å². The maximum absolute atomic E-state index is 13.6. The Kier molecular flexibility index (Phi) is 5.38. The molecule has 8 heteroatoms. The summed E-state index contributed by atoms with van der Waals surface area (Å²) in [5, 5.41) is 8.77. The van der Waals surface area contributed by atoms with E-state index in [0.717, 1.165) is 0 Å². The molecule has 0 aliphatic rings. The number of carboxylic acid groups (broad SMARTS) is 1. The number of amides is 1. The highest BCUT2D eigenvalue weighted by Crippen LogP contribution is 2.40. The Balaban J connectivity index is 2.59. The van der Waals surface area contributed by atoms with Crippen LogP contribution in [0.5, 0.6) is 5.75 Å². The molecule has 0 aromatic heterocycles. The van der Waals surface area contributed by atoms with E-state index in [2.05, 4.69) is 0 Å². The Morgan fingerprint density at radius 3 is 2.40 bits per heavy atom. The number of nitrogens with two attached hydrogens (primary N) is 1. The van der Waals surface area contributed by atoms with E-state index in [-0.39, 0.29) is 16.9 Å². The number of ether oxygens (including phenoxy) is 1. The zero-order chi connectivity index (χ0) is 18.8. The maximum Gasteiger partial charge on any atom is 0.341 e. The molecule has 0 spiro atoms. The molecule has 5 nitrogen and oxygen atoms in total. The molecular formula is C17H16F2NO4P. The van der Waals surface area contributed by atoms with Crippen LogP contribution in [0.3, 0.4) is 0 Å². The van der Waals surface area contributed by atoms with Gasteiger partial charge in [-0.05, 0) is 48.4 Å². The molecular weight excluding hydrogens is 351 g/mol. The third-order valence-electron chi connectivity index (χ3n) is 3.52. The van der Waals surface area contributed by atoms with Crippen LogP contribution in [0.25, 0.3) is 11.1 Å². The fraction of sp³-hybridized carbons (Fsp3) is 0.176. The van der Waals surface area contributed by atoms with Crippen molar-refractivity contribution >= 4 is 21.1 Å². The van der Waals surface area contributed by atoms with E-state index < -0.39 is 24.1 Å². The second-order valence-electron chi connectivity index (χ2n) is 5.41. The van der Waals surface area contributed by atoms with E-state index in [9.17, 15) is 18.4 Å². The van der Waals surface area contributed by atoms with Gasteiger partial charge in [0.15, 0.2) is 6.61 Å².